The Hall–Kier alpha value is -2.44. The second-order valence-electron chi connectivity index (χ2n) is 9.20. The molecule has 0 aromatic heterocycles. The van der Waals surface area contributed by atoms with Gasteiger partial charge in [-0.05, 0) is 57.9 Å². The van der Waals surface area contributed by atoms with Crippen LogP contribution in [-0.2, 0) is 9.59 Å². The van der Waals surface area contributed by atoms with Crippen molar-refractivity contribution in [2.75, 3.05) is 7.11 Å². The van der Waals surface area contributed by atoms with E-state index in [1.54, 1.807) is 37.5 Å². The van der Waals surface area contributed by atoms with E-state index in [-0.39, 0.29) is 12.5 Å². The molecule has 1 N–H and O–H groups in total. The molecule has 0 amide bonds. The van der Waals surface area contributed by atoms with Crippen molar-refractivity contribution in [1.29, 1.82) is 0 Å². The number of ether oxygens (including phenoxy) is 2. The number of Topliss-reactive ketones (excluding diaryl/α,β-unsaturated/α-hetero) is 1. The van der Waals surface area contributed by atoms with Crippen LogP contribution in [0.5, 0.6) is 11.5 Å². The first-order valence-electron chi connectivity index (χ1n) is 10.7. The van der Waals surface area contributed by atoms with Crippen molar-refractivity contribution >= 4 is 17.6 Å². The Morgan fingerprint density at radius 3 is 2.35 bits per heavy atom. The zero-order valence-electron chi connectivity index (χ0n) is 19.5. The normalized spacial score (nSPS) is 19.1. The van der Waals surface area contributed by atoms with Crippen LogP contribution < -0.4 is 9.47 Å². The second kappa shape index (κ2) is 10.2. The van der Waals surface area contributed by atoms with Crippen molar-refractivity contribution in [3.8, 4) is 11.5 Å². The maximum atomic E-state index is 12.1. The molecule has 0 bridgehead atoms. The average molecular weight is 430 g/mol. The zero-order chi connectivity index (χ0) is 23.2. The Labute approximate surface area is 185 Å². The van der Waals surface area contributed by atoms with E-state index in [0.29, 0.717) is 24.3 Å². The predicted molar refractivity (Wildman–Crippen MR) is 122 cm³/mol. The smallest absolute Gasteiger partial charge is 0.221 e. The van der Waals surface area contributed by atoms with Crippen LogP contribution in [0.4, 0.5) is 0 Å². The van der Waals surface area contributed by atoms with Gasteiger partial charge in [0.25, 0.3) is 0 Å². The lowest BCUT2D eigenvalue weighted by molar-refractivity contribution is -0.254. The number of hydroxylamine groups is 2. The number of allylic oxidation sites excluding steroid dienone is 3. The lowest BCUT2D eigenvalue weighted by Gasteiger charge is -2.51. The monoisotopic (exact) mass is 429 g/mol. The summed E-state index contributed by atoms with van der Waals surface area (Å²) >= 11 is 0. The van der Waals surface area contributed by atoms with Gasteiger partial charge in [-0.1, -0.05) is 31.2 Å². The van der Waals surface area contributed by atoms with Gasteiger partial charge >= 0.3 is 0 Å². The standard InChI is InChI=1S/C25H35NO5/c1-7-8-9-10-20(27)21(28)13-11-18-12-14-22(30-6)23(15-18)31-19-16-24(2,3)26(29)25(4,5)17-19/h8-9,11-15,19,29H,7,10,16-17H2,1-6H3/b9-8-,13-11+. The van der Waals surface area contributed by atoms with E-state index in [1.807, 2.05) is 40.7 Å². The number of hydrogen-bond donors (Lipinski definition) is 1. The Balaban J connectivity index is 2.16. The number of benzene rings is 1. The minimum atomic E-state index is -0.530. The molecule has 1 saturated heterocycles. The first-order chi connectivity index (χ1) is 14.5. The highest BCUT2D eigenvalue weighted by Crippen LogP contribution is 2.40. The number of methoxy groups -OCH3 is 1. The number of rotatable bonds is 9. The first kappa shape index (κ1) is 24.8. The number of carbonyl (C=O) groups excluding carboxylic acids is 2. The third-order valence-corrected chi connectivity index (χ3v) is 5.49. The summed E-state index contributed by atoms with van der Waals surface area (Å²) in [5, 5.41) is 11.9. The number of ketones is 2. The third-order valence-electron chi connectivity index (χ3n) is 5.49. The molecule has 1 aliphatic heterocycles. The summed E-state index contributed by atoms with van der Waals surface area (Å²) in [5.74, 6) is 0.188. The van der Waals surface area contributed by atoms with Crippen LogP contribution in [0.3, 0.4) is 0 Å². The van der Waals surface area contributed by atoms with Crippen LogP contribution in [0.2, 0.25) is 0 Å². The fourth-order valence-corrected chi connectivity index (χ4v) is 4.05. The van der Waals surface area contributed by atoms with Crippen molar-refractivity contribution in [2.45, 2.75) is 77.5 Å². The van der Waals surface area contributed by atoms with Gasteiger partial charge in [0.15, 0.2) is 11.5 Å². The van der Waals surface area contributed by atoms with Crippen molar-refractivity contribution in [3.63, 3.8) is 0 Å². The minimum absolute atomic E-state index is 0.114. The van der Waals surface area contributed by atoms with E-state index in [0.717, 1.165) is 12.0 Å². The molecule has 170 valence electrons. The molecular weight excluding hydrogens is 394 g/mol. The lowest BCUT2D eigenvalue weighted by atomic mass is 9.80. The van der Waals surface area contributed by atoms with E-state index in [2.05, 4.69) is 0 Å². The van der Waals surface area contributed by atoms with Crippen molar-refractivity contribution < 1.29 is 24.3 Å². The van der Waals surface area contributed by atoms with Crippen LogP contribution in [-0.4, -0.2) is 46.1 Å². The Kier molecular flexibility index (Phi) is 8.21. The first-order valence-corrected chi connectivity index (χ1v) is 10.7. The maximum Gasteiger partial charge on any atom is 0.221 e. The largest absolute Gasteiger partial charge is 0.493 e. The lowest BCUT2D eigenvalue weighted by Crippen LogP contribution is -2.61. The summed E-state index contributed by atoms with van der Waals surface area (Å²) in [6, 6.07) is 5.39. The number of piperidine rings is 1. The molecule has 1 aliphatic rings. The summed E-state index contributed by atoms with van der Waals surface area (Å²) < 4.78 is 11.7. The van der Waals surface area contributed by atoms with Crippen LogP contribution in [0.1, 0.15) is 65.9 Å². The van der Waals surface area contributed by atoms with Gasteiger partial charge in [-0.25, -0.2) is 0 Å². The highest BCUT2D eigenvalue weighted by molar-refractivity contribution is 6.42. The van der Waals surface area contributed by atoms with E-state index in [1.165, 1.54) is 11.1 Å². The molecule has 6 nitrogen and oxygen atoms in total. The molecule has 0 unspecified atom stereocenters. The number of hydrogen-bond acceptors (Lipinski definition) is 6. The minimum Gasteiger partial charge on any atom is -0.493 e. The Morgan fingerprint density at radius 2 is 1.77 bits per heavy atom. The summed E-state index contributed by atoms with van der Waals surface area (Å²) in [7, 11) is 1.58. The quantitative estimate of drug-likeness (QED) is 0.338. The van der Waals surface area contributed by atoms with Gasteiger partial charge in [-0.15, -0.1) is 0 Å². The second-order valence-corrected chi connectivity index (χ2v) is 9.20. The van der Waals surface area contributed by atoms with E-state index in [4.69, 9.17) is 9.47 Å². The molecule has 0 aliphatic carbocycles. The molecule has 0 radical (unpaired) electrons. The SMILES string of the molecule is CC/C=C\CC(=O)C(=O)/C=C/c1ccc(OC)c(OC2CC(C)(C)N(O)C(C)(C)C2)c1. The predicted octanol–water partition coefficient (Wildman–Crippen LogP) is 4.99. The van der Waals surface area contributed by atoms with Gasteiger partial charge in [0.1, 0.15) is 6.10 Å². The highest BCUT2D eigenvalue weighted by atomic mass is 16.5. The Morgan fingerprint density at radius 1 is 1.13 bits per heavy atom. The average Bonchev–Trinajstić information content (AvgIpc) is 2.70. The third kappa shape index (κ3) is 6.52. The molecule has 31 heavy (non-hydrogen) atoms. The van der Waals surface area contributed by atoms with Crippen molar-refractivity contribution in [3.05, 3.63) is 42.0 Å². The molecular formula is C25H35NO5. The van der Waals surface area contributed by atoms with Crippen molar-refractivity contribution in [1.82, 2.24) is 5.06 Å². The molecule has 6 heteroatoms. The van der Waals surface area contributed by atoms with Gasteiger partial charge in [-0.3, -0.25) is 9.59 Å². The summed E-state index contributed by atoms with van der Waals surface area (Å²) in [5.41, 5.74) is -0.133. The van der Waals surface area contributed by atoms with Gasteiger partial charge in [0.2, 0.25) is 11.6 Å². The maximum absolute atomic E-state index is 12.1. The Bertz CT molecular complexity index is 835. The molecule has 1 fully saturated rings. The molecule has 1 aromatic rings. The summed E-state index contributed by atoms with van der Waals surface area (Å²) in [6.45, 7) is 9.91. The fraction of sp³-hybridized carbons (Fsp3) is 0.520. The van der Waals surface area contributed by atoms with Gasteiger partial charge in [0.05, 0.1) is 7.11 Å². The van der Waals surface area contributed by atoms with Gasteiger partial charge < -0.3 is 14.7 Å². The van der Waals surface area contributed by atoms with Crippen LogP contribution in [0.25, 0.3) is 6.08 Å². The molecule has 1 heterocycles. The molecule has 2 rings (SSSR count). The van der Waals surface area contributed by atoms with E-state index >= 15 is 0 Å². The van der Waals surface area contributed by atoms with Gasteiger partial charge in [-0.2, -0.15) is 5.06 Å². The summed E-state index contributed by atoms with van der Waals surface area (Å²) in [4.78, 5) is 24.0. The molecule has 0 saturated carbocycles. The zero-order valence-corrected chi connectivity index (χ0v) is 19.5. The van der Waals surface area contributed by atoms with E-state index < -0.39 is 22.6 Å². The van der Waals surface area contributed by atoms with E-state index in [9.17, 15) is 14.8 Å². The van der Waals surface area contributed by atoms with Crippen LogP contribution >= 0.6 is 0 Å². The molecule has 0 atom stereocenters. The molecule has 1 aromatic carbocycles. The number of carbonyl (C=O) groups is 2. The van der Waals surface area contributed by atoms with Gasteiger partial charge in [0, 0.05) is 30.3 Å². The van der Waals surface area contributed by atoms with Crippen LogP contribution in [0, 0.1) is 0 Å². The fourth-order valence-electron chi connectivity index (χ4n) is 4.05. The summed E-state index contributed by atoms with van der Waals surface area (Å²) in [6.07, 6.45) is 8.61. The van der Waals surface area contributed by atoms with Crippen LogP contribution in [0.15, 0.2) is 36.4 Å². The number of nitrogens with zero attached hydrogens (tertiary/aromatic N) is 1. The van der Waals surface area contributed by atoms with Crippen molar-refractivity contribution in [2.24, 2.45) is 0 Å². The highest BCUT2D eigenvalue weighted by Gasteiger charge is 2.46. The molecule has 0 spiro atoms. The topological polar surface area (TPSA) is 76.1 Å².